The Balaban J connectivity index is 1.46. The quantitative estimate of drug-likeness (QED) is 0.181. The van der Waals surface area contributed by atoms with Crippen molar-refractivity contribution in [3.63, 3.8) is 0 Å². The maximum Gasteiger partial charge on any atom is 0.329 e. The van der Waals surface area contributed by atoms with Crippen LogP contribution < -0.4 is 0 Å². The van der Waals surface area contributed by atoms with Crippen LogP contribution in [0.4, 0.5) is 0 Å². The number of methoxy groups -OCH3 is 3. The Morgan fingerprint density at radius 2 is 1.64 bits per heavy atom. The molecule has 0 spiro atoms. The number of ketones is 3. The van der Waals surface area contributed by atoms with Crippen LogP contribution in [0.25, 0.3) is 0 Å². The van der Waals surface area contributed by atoms with Crippen LogP contribution in [0.15, 0.2) is 53.9 Å². The molecule has 3 unspecified atom stereocenters. The minimum absolute atomic E-state index is 0.0170. The summed E-state index contributed by atoms with van der Waals surface area (Å²) in [4.78, 5) is 72.3. The summed E-state index contributed by atoms with van der Waals surface area (Å²) in [5, 5.41) is 35.2. The molecule has 4 aliphatic rings. The normalized spacial score (nSPS) is 38.8. The van der Waals surface area contributed by atoms with Gasteiger partial charge in [-0.25, -0.2) is 9.48 Å². The van der Waals surface area contributed by atoms with E-state index in [1.54, 1.807) is 52.1 Å². The van der Waals surface area contributed by atoms with Crippen LogP contribution in [0, 0.1) is 35.5 Å². The molecule has 1 saturated carbocycles. The van der Waals surface area contributed by atoms with Gasteiger partial charge in [-0.05, 0) is 117 Å². The van der Waals surface area contributed by atoms with Gasteiger partial charge < -0.3 is 38.8 Å². The molecule has 17 heteroatoms. The highest BCUT2D eigenvalue weighted by molar-refractivity contribution is 6.39. The lowest BCUT2D eigenvalue weighted by Crippen LogP contribution is -2.61. The van der Waals surface area contributed by atoms with Crippen LogP contribution in [0.3, 0.4) is 0 Å². The fraction of sp³-hybridized carbons (Fsp3) is 0.731. The number of aromatic nitrogens is 4. The van der Waals surface area contributed by atoms with Crippen molar-refractivity contribution < 1.29 is 57.9 Å². The number of aliphatic hydroxyl groups is 2. The van der Waals surface area contributed by atoms with Gasteiger partial charge in [-0.1, -0.05) is 71.1 Å². The number of cyclic esters (lactones) is 1. The van der Waals surface area contributed by atoms with Crippen LogP contribution >= 0.6 is 0 Å². The van der Waals surface area contributed by atoms with E-state index in [0.29, 0.717) is 56.9 Å². The molecule has 3 fully saturated rings. The molecular weight excluding hydrogens is 887 g/mol. The molecule has 17 nitrogen and oxygen atoms in total. The SMILES string of the molecule is COC1C(=O)C(C)C[C@H](C)/C=C/C=C/C=C(\C)[C@@H](OC)CC2CC[C@@H](C)[C@@](O)(O2)C(=O)C(=O)N2CCCC[C@H]2C(=O)O[C@H]([C@H](C)C[C@@H]2CC[C@H](n3cnnn3)[C@H](OC)C2)CC(=O)[C@H](C)/C=C(\C)[C@H]1O. The number of allylic oxidation sites excluding steroid dienone is 6. The number of piperidine rings is 1. The summed E-state index contributed by atoms with van der Waals surface area (Å²) in [6.07, 6.45) is 13.9. The van der Waals surface area contributed by atoms with E-state index < -0.39 is 77.8 Å². The van der Waals surface area contributed by atoms with Crippen LogP contribution in [0.1, 0.15) is 132 Å². The molecule has 1 aromatic rings. The highest BCUT2D eigenvalue weighted by Crippen LogP contribution is 2.39. The monoisotopic (exact) mass is 966 g/mol. The Hall–Kier alpha value is -4.26. The van der Waals surface area contributed by atoms with E-state index in [1.165, 1.54) is 12.0 Å². The van der Waals surface area contributed by atoms with Crippen LogP contribution in [0.2, 0.25) is 0 Å². The van der Waals surface area contributed by atoms with Crippen molar-refractivity contribution in [2.24, 2.45) is 35.5 Å². The number of fused-ring (bicyclic) bond motifs is 3. The predicted octanol–water partition coefficient (Wildman–Crippen LogP) is 6.05. The molecule has 69 heavy (non-hydrogen) atoms. The van der Waals surface area contributed by atoms with E-state index >= 15 is 0 Å². The van der Waals surface area contributed by atoms with E-state index in [9.17, 15) is 34.2 Å². The van der Waals surface area contributed by atoms with Gasteiger partial charge in [0.15, 0.2) is 5.78 Å². The maximum atomic E-state index is 14.5. The number of aliphatic hydroxyl groups excluding tert-OH is 1. The van der Waals surface area contributed by atoms with E-state index in [1.807, 2.05) is 58.1 Å². The Morgan fingerprint density at radius 1 is 0.884 bits per heavy atom. The Kier molecular flexibility index (Phi) is 20.8. The summed E-state index contributed by atoms with van der Waals surface area (Å²) in [6.45, 7) is 12.8. The summed E-state index contributed by atoms with van der Waals surface area (Å²) in [7, 11) is 4.62. The molecule has 3 aliphatic heterocycles. The van der Waals surface area contributed by atoms with Gasteiger partial charge in [0, 0.05) is 58.5 Å². The van der Waals surface area contributed by atoms with Crippen LogP contribution in [-0.2, 0) is 47.7 Å². The summed E-state index contributed by atoms with van der Waals surface area (Å²) < 4.78 is 31.6. The molecule has 1 amide bonds. The van der Waals surface area contributed by atoms with Crippen LogP contribution in [0.5, 0.6) is 0 Å². The number of nitrogens with zero attached hydrogens (tertiary/aromatic N) is 5. The number of amides is 1. The second-order valence-electron chi connectivity index (χ2n) is 20.4. The first-order valence-corrected chi connectivity index (χ1v) is 25.0. The molecule has 2 N–H and O–H groups in total. The van der Waals surface area contributed by atoms with Crippen LogP contribution in [-0.4, -0.2) is 141 Å². The van der Waals surface area contributed by atoms with Crippen molar-refractivity contribution >= 4 is 29.2 Å². The number of hydrogen-bond donors (Lipinski definition) is 2. The number of Topliss-reactive ketones (excluding diaryl/α,β-unsaturated/α-hetero) is 3. The molecule has 384 valence electrons. The van der Waals surface area contributed by atoms with Crippen molar-refractivity contribution in [2.75, 3.05) is 27.9 Å². The first-order chi connectivity index (χ1) is 32.8. The minimum Gasteiger partial charge on any atom is -0.460 e. The minimum atomic E-state index is -2.43. The Bertz CT molecular complexity index is 2020. The van der Waals surface area contributed by atoms with E-state index in [-0.39, 0.29) is 60.9 Å². The molecule has 4 heterocycles. The summed E-state index contributed by atoms with van der Waals surface area (Å²) in [5.41, 5.74) is 1.27. The maximum absolute atomic E-state index is 14.5. The first kappa shape index (κ1) is 55.7. The number of esters is 1. The van der Waals surface area contributed by atoms with Gasteiger partial charge in [0.2, 0.25) is 5.79 Å². The van der Waals surface area contributed by atoms with Gasteiger partial charge in [-0.3, -0.25) is 19.2 Å². The van der Waals surface area contributed by atoms with Gasteiger partial charge in [0.05, 0.1) is 24.4 Å². The topological polar surface area (TPSA) is 219 Å². The van der Waals surface area contributed by atoms with Gasteiger partial charge in [0.25, 0.3) is 11.7 Å². The lowest BCUT2D eigenvalue weighted by Gasteiger charge is -2.42. The molecule has 15 atom stereocenters. The fourth-order valence-electron chi connectivity index (χ4n) is 10.7. The first-order valence-electron chi connectivity index (χ1n) is 25.0. The highest BCUT2D eigenvalue weighted by atomic mass is 16.6. The molecule has 0 radical (unpaired) electrons. The molecule has 2 saturated heterocycles. The summed E-state index contributed by atoms with van der Waals surface area (Å²) in [5.74, 6) is -7.92. The standard InChI is InChI=1S/C52H79N5O12/c1-31-16-12-11-13-17-32(2)43(65-8)28-39-21-19-37(7)52(64,69-39)49(61)50(62)56-23-15-14-18-41(56)51(63)68-44(34(4)26-38-20-22-40(45(27-38)66-9)57-30-53-54-55-57)29-42(58)33(3)25-36(6)47(60)48(67-10)46(59)35(5)24-31/h11-13,16-17,25,30-31,33-35,37-41,43-45,47-48,60,64H,14-15,18-24,26-29H2,1-10H3/b13-11+,16-12+,32-17+,36-25+/t31-,33-,34-,35?,37-,38+,39?,40+,41+,43+,44+,45-,47-,48?,52-/m1/s1. The van der Waals surface area contributed by atoms with Gasteiger partial charge in [0.1, 0.15) is 36.5 Å². The second-order valence-corrected chi connectivity index (χ2v) is 20.4. The van der Waals surface area contributed by atoms with Crippen molar-refractivity contribution in [3.8, 4) is 0 Å². The molecule has 2 bridgehead atoms. The molecule has 5 rings (SSSR count). The zero-order valence-corrected chi connectivity index (χ0v) is 42.5. The van der Waals surface area contributed by atoms with Crippen molar-refractivity contribution in [3.05, 3.63) is 53.9 Å². The molecule has 1 aliphatic carbocycles. The number of carbonyl (C=O) groups is 5. The zero-order valence-electron chi connectivity index (χ0n) is 42.5. The number of ether oxygens (including phenoxy) is 5. The third kappa shape index (κ3) is 14.2. The molecule has 1 aromatic heterocycles. The molecular formula is C52H79N5O12. The molecule has 0 aromatic carbocycles. The largest absolute Gasteiger partial charge is 0.460 e. The van der Waals surface area contributed by atoms with Crippen molar-refractivity contribution in [1.29, 1.82) is 0 Å². The van der Waals surface area contributed by atoms with Crippen molar-refractivity contribution in [2.45, 2.75) is 180 Å². The smallest absolute Gasteiger partial charge is 0.329 e. The van der Waals surface area contributed by atoms with Gasteiger partial charge in [-0.15, -0.1) is 5.10 Å². The van der Waals surface area contributed by atoms with E-state index in [4.69, 9.17) is 23.7 Å². The van der Waals surface area contributed by atoms with E-state index in [0.717, 1.165) is 18.4 Å². The predicted molar refractivity (Wildman–Crippen MR) is 256 cm³/mol. The third-order valence-electron chi connectivity index (χ3n) is 15.2. The summed E-state index contributed by atoms with van der Waals surface area (Å²) >= 11 is 0. The number of carbonyl (C=O) groups excluding carboxylic acids is 5. The van der Waals surface area contributed by atoms with Gasteiger partial charge >= 0.3 is 5.97 Å². The van der Waals surface area contributed by atoms with Crippen molar-refractivity contribution in [1.82, 2.24) is 25.1 Å². The zero-order chi connectivity index (χ0) is 50.6. The third-order valence-corrected chi connectivity index (χ3v) is 15.2. The lowest BCUT2D eigenvalue weighted by atomic mass is 9.77. The number of rotatable bonds is 7. The average molecular weight is 966 g/mol. The van der Waals surface area contributed by atoms with E-state index in [2.05, 4.69) is 15.5 Å². The fourth-order valence-corrected chi connectivity index (χ4v) is 10.7. The second kappa shape index (κ2) is 25.7. The van der Waals surface area contributed by atoms with Gasteiger partial charge in [-0.2, -0.15) is 0 Å². The Morgan fingerprint density at radius 3 is 2.32 bits per heavy atom. The lowest BCUT2D eigenvalue weighted by molar-refractivity contribution is -0.265. The number of hydrogen-bond acceptors (Lipinski definition) is 15. The summed E-state index contributed by atoms with van der Waals surface area (Å²) in [6, 6.07) is -1.19. The number of tetrazole rings is 1. The Labute approximate surface area is 408 Å². The highest BCUT2D eigenvalue weighted by Gasteiger charge is 2.53. The average Bonchev–Trinajstić information content (AvgIpc) is 3.88.